The highest BCUT2D eigenvalue weighted by Crippen LogP contribution is 2.19. The molecule has 0 fully saturated rings. The van der Waals surface area contributed by atoms with E-state index in [-0.39, 0.29) is 12.5 Å². The summed E-state index contributed by atoms with van der Waals surface area (Å²) in [5, 5.41) is 8.60. The van der Waals surface area contributed by atoms with Crippen LogP contribution in [-0.2, 0) is 0 Å². The summed E-state index contributed by atoms with van der Waals surface area (Å²) in [6.07, 6.45) is 0.240. The Labute approximate surface area is 69.4 Å². The molecule has 0 unspecified atom stereocenters. The van der Waals surface area contributed by atoms with Crippen molar-refractivity contribution in [1.82, 2.24) is 0 Å². The Morgan fingerprint density at radius 2 is 2.45 bits per heavy atom. The van der Waals surface area contributed by atoms with E-state index in [9.17, 15) is 0 Å². The van der Waals surface area contributed by atoms with Crippen LogP contribution in [-0.4, -0.2) is 0 Å². The van der Waals surface area contributed by atoms with Crippen LogP contribution in [0.4, 0.5) is 0 Å². The van der Waals surface area contributed by atoms with Crippen molar-refractivity contribution in [1.29, 1.82) is 5.26 Å². The Kier molecular flexibility index (Phi) is 2.53. The van der Waals surface area contributed by atoms with Crippen molar-refractivity contribution in [3.8, 4) is 6.07 Å². The molecule has 0 aliphatic rings. The zero-order valence-corrected chi connectivity index (χ0v) is 6.51. The molecule has 0 aliphatic carbocycles. The van der Waals surface area contributed by atoms with E-state index in [1.807, 2.05) is 6.07 Å². The zero-order chi connectivity index (χ0) is 8.27. The lowest BCUT2D eigenvalue weighted by atomic mass is 10.2. The molecule has 0 bridgehead atoms. The van der Waals surface area contributed by atoms with E-state index < -0.39 is 0 Å². The van der Waals surface area contributed by atoms with Crippen molar-refractivity contribution < 1.29 is 4.42 Å². The molecule has 0 aliphatic heterocycles. The highest BCUT2D eigenvalue weighted by Gasteiger charge is 2.08. The Hall–Kier alpha value is -0.980. The van der Waals surface area contributed by atoms with Crippen LogP contribution in [0.1, 0.15) is 18.2 Å². The van der Waals surface area contributed by atoms with Gasteiger partial charge in [0.25, 0.3) is 0 Å². The predicted octanol–water partition coefficient (Wildman–Crippen LogP) is 1.85. The SMILES string of the molecule is N#CC[C@@H](N)c1ccc(Cl)o1. The number of furan rings is 1. The monoisotopic (exact) mass is 170 g/mol. The third-order valence-corrected chi connectivity index (χ3v) is 1.47. The first-order chi connectivity index (χ1) is 5.24. The summed E-state index contributed by atoms with van der Waals surface area (Å²) in [6, 6.07) is 4.86. The van der Waals surface area contributed by atoms with Gasteiger partial charge in [0.2, 0.25) is 0 Å². The maximum absolute atomic E-state index is 8.30. The lowest BCUT2D eigenvalue weighted by Gasteiger charge is -2.00. The van der Waals surface area contributed by atoms with Gasteiger partial charge in [0.05, 0.1) is 18.5 Å². The molecule has 1 heterocycles. The van der Waals surface area contributed by atoms with Gasteiger partial charge < -0.3 is 10.2 Å². The number of hydrogen-bond donors (Lipinski definition) is 1. The quantitative estimate of drug-likeness (QED) is 0.737. The fourth-order valence-corrected chi connectivity index (χ4v) is 0.879. The molecule has 1 rings (SSSR count). The van der Waals surface area contributed by atoms with E-state index >= 15 is 0 Å². The van der Waals surface area contributed by atoms with Gasteiger partial charge in [-0.05, 0) is 23.7 Å². The molecular weight excluding hydrogens is 164 g/mol. The third-order valence-electron chi connectivity index (χ3n) is 1.27. The summed E-state index contributed by atoms with van der Waals surface area (Å²) in [4.78, 5) is 0. The lowest BCUT2D eigenvalue weighted by Crippen LogP contribution is -2.07. The molecule has 0 amide bonds. The smallest absolute Gasteiger partial charge is 0.193 e. The van der Waals surface area contributed by atoms with Gasteiger partial charge in [-0.1, -0.05) is 0 Å². The highest BCUT2D eigenvalue weighted by atomic mass is 35.5. The van der Waals surface area contributed by atoms with Crippen molar-refractivity contribution in [3.05, 3.63) is 23.1 Å². The summed E-state index contributed by atoms with van der Waals surface area (Å²) < 4.78 is 4.99. The molecule has 0 saturated carbocycles. The van der Waals surface area contributed by atoms with E-state index in [0.717, 1.165) is 0 Å². The van der Waals surface area contributed by atoms with Crippen LogP contribution in [0.15, 0.2) is 16.5 Å². The number of rotatable bonds is 2. The molecule has 1 aromatic rings. The molecule has 0 saturated heterocycles. The van der Waals surface area contributed by atoms with Crippen LogP contribution in [0.5, 0.6) is 0 Å². The van der Waals surface area contributed by atoms with Crippen molar-refractivity contribution >= 4 is 11.6 Å². The van der Waals surface area contributed by atoms with Crippen molar-refractivity contribution in [3.63, 3.8) is 0 Å². The van der Waals surface area contributed by atoms with Crippen LogP contribution >= 0.6 is 11.6 Å². The number of halogens is 1. The molecule has 1 aromatic heterocycles. The molecule has 0 radical (unpaired) electrons. The first kappa shape index (κ1) is 8.12. The van der Waals surface area contributed by atoms with Crippen LogP contribution in [0.3, 0.4) is 0 Å². The summed E-state index contributed by atoms with van der Waals surface area (Å²) >= 11 is 5.50. The van der Waals surface area contributed by atoms with Gasteiger partial charge in [-0.2, -0.15) is 5.26 Å². The summed E-state index contributed by atoms with van der Waals surface area (Å²) in [5.41, 5.74) is 5.54. The van der Waals surface area contributed by atoms with Gasteiger partial charge in [-0.15, -0.1) is 0 Å². The lowest BCUT2D eigenvalue weighted by molar-refractivity contribution is 0.470. The van der Waals surface area contributed by atoms with Crippen LogP contribution in [0.2, 0.25) is 5.22 Å². The van der Waals surface area contributed by atoms with Crippen molar-refractivity contribution in [2.75, 3.05) is 0 Å². The van der Waals surface area contributed by atoms with Gasteiger partial charge in [-0.3, -0.25) is 0 Å². The second kappa shape index (κ2) is 3.42. The Morgan fingerprint density at radius 1 is 1.73 bits per heavy atom. The fraction of sp³-hybridized carbons (Fsp3) is 0.286. The minimum atomic E-state index is -0.368. The third kappa shape index (κ3) is 1.97. The minimum absolute atomic E-state index is 0.240. The molecule has 11 heavy (non-hydrogen) atoms. The highest BCUT2D eigenvalue weighted by molar-refractivity contribution is 6.28. The Bertz CT molecular complexity index is 276. The molecule has 2 N–H and O–H groups in total. The minimum Gasteiger partial charge on any atom is -0.448 e. The number of nitriles is 1. The molecule has 1 atom stereocenters. The van der Waals surface area contributed by atoms with Gasteiger partial charge in [-0.25, -0.2) is 0 Å². The molecular formula is C7H7ClN2O. The zero-order valence-electron chi connectivity index (χ0n) is 5.75. The number of nitrogens with two attached hydrogens (primary N) is 1. The molecule has 58 valence electrons. The standard InChI is InChI=1S/C7H7ClN2O/c8-7-2-1-6(11-7)5(10)3-4-9/h1-2,5H,3,10H2/t5-/m1/s1. The Morgan fingerprint density at radius 3 is 2.91 bits per heavy atom. The average molecular weight is 171 g/mol. The van der Waals surface area contributed by atoms with Gasteiger partial charge in [0.1, 0.15) is 5.76 Å². The second-order valence-corrected chi connectivity index (χ2v) is 2.48. The number of nitrogens with zero attached hydrogens (tertiary/aromatic N) is 1. The summed E-state index contributed by atoms with van der Waals surface area (Å²) in [6.45, 7) is 0. The summed E-state index contributed by atoms with van der Waals surface area (Å²) in [5.74, 6) is 0.552. The van der Waals surface area contributed by atoms with E-state index in [1.54, 1.807) is 12.1 Å². The molecule has 3 nitrogen and oxygen atoms in total. The molecule has 0 spiro atoms. The maximum Gasteiger partial charge on any atom is 0.193 e. The maximum atomic E-state index is 8.30. The topological polar surface area (TPSA) is 63.0 Å². The van der Waals surface area contributed by atoms with Crippen molar-refractivity contribution in [2.24, 2.45) is 5.73 Å². The number of hydrogen-bond acceptors (Lipinski definition) is 3. The molecule has 0 aromatic carbocycles. The first-order valence-electron chi connectivity index (χ1n) is 3.12. The predicted molar refractivity (Wildman–Crippen MR) is 40.9 cm³/mol. The van der Waals surface area contributed by atoms with Crippen LogP contribution < -0.4 is 5.73 Å². The van der Waals surface area contributed by atoms with Gasteiger partial charge in [0.15, 0.2) is 5.22 Å². The Balaban J connectivity index is 2.70. The van der Waals surface area contributed by atoms with Gasteiger partial charge >= 0.3 is 0 Å². The fourth-order valence-electron chi connectivity index (χ4n) is 0.727. The first-order valence-corrected chi connectivity index (χ1v) is 3.49. The largest absolute Gasteiger partial charge is 0.448 e. The van der Waals surface area contributed by atoms with E-state index in [2.05, 4.69) is 0 Å². The van der Waals surface area contributed by atoms with Crippen LogP contribution in [0, 0.1) is 11.3 Å². The summed E-state index contributed by atoms with van der Waals surface area (Å²) in [7, 11) is 0. The van der Waals surface area contributed by atoms with E-state index in [1.165, 1.54) is 0 Å². The van der Waals surface area contributed by atoms with E-state index in [0.29, 0.717) is 11.0 Å². The van der Waals surface area contributed by atoms with Gasteiger partial charge in [0, 0.05) is 0 Å². The average Bonchev–Trinajstić information content (AvgIpc) is 2.36. The van der Waals surface area contributed by atoms with E-state index in [4.69, 9.17) is 27.0 Å². The van der Waals surface area contributed by atoms with Crippen LogP contribution in [0.25, 0.3) is 0 Å². The van der Waals surface area contributed by atoms with Crippen molar-refractivity contribution in [2.45, 2.75) is 12.5 Å². The molecule has 4 heteroatoms. The second-order valence-electron chi connectivity index (χ2n) is 2.11. The normalized spacial score (nSPS) is 12.5.